The molecular weight excluding hydrogens is 629 g/mol. The van der Waals surface area contributed by atoms with E-state index in [0.717, 1.165) is 6.07 Å². The lowest BCUT2D eigenvalue weighted by Crippen LogP contribution is -2.67. The Kier molecular flexibility index (Phi) is 10.4. The molecule has 2 heterocycles. The van der Waals surface area contributed by atoms with Gasteiger partial charge in [-0.1, -0.05) is 23.7 Å². The minimum Gasteiger partial charge on any atom is -0.489 e. The van der Waals surface area contributed by atoms with Crippen LogP contribution in [0.1, 0.15) is 26.3 Å². The van der Waals surface area contributed by atoms with E-state index in [-0.39, 0.29) is 30.3 Å². The van der Waals surface area contributed by atoms with E-state index in [1.54, 1.807) is 37.3 Å². The summed E-state index contributed by atoms with van der Waals surface area (Å²) in [5.74, 6) is -1.21. The Hall–Kier alpha value is -3.11. The molecule has 2 aliphatic heterocycles. The molecule has 3 fully saturated rings. The van der Waals surface area contributed by atoms with Crippen LogP contribution in [0.5, 0.6) is 11.5 Å². The van der Waals surface area contributed by atoms with Gasteiger partial charge in [0.25, 0.3) is 0 Å². The van der Waals surface area contributed by atoms with Crippen LogP contribution >= 0.6 is 11.6 Å². The minimum atomic E-state index is -1.90. The molecule has 1 amide bonds. The van der Waals surface area contributed by atoms with Gasteiger partial charge in [-0.15, -0.1) is 0 Å². The predicted octanol–water partition coefficient (Wildman–Crippen LogP) is 1.45. The molecule has 0 aromatic heterocycles. The van der Waals surface area contributed by atoms with Crippen LogP contribution < -0.4 is 14.8 Å². The van der Waals surface area contributed by atoms with Gasteiger partial charge in [0.15, 0.2) is 17.2 Å². The Morgan fingerprint density at radius 1 is 1.09 bits per heavy atom. The first-order chi connectivity index (χ1) is 21.8. The lowest BCUT2D eigenvalue weighted by Gasteiger charge is -2.41. The Bertz CT molecular complexity index is 1490. The maximum atomic E-state index is 15.1. The Balaban J connectivity index is 1.21. The fourth-order valence-corrected chi connectivity index (χ4v) is 5.77. The highest BCUT2D eigenvalue weighted by Gasteiger charge is 2.55. The van der Waals surface area contributed by atoms with E-state index in [4.69, 9.17) is 35.3 Å². The van der Waals surface area contributed by atoms with Crippen molar-refractivity contribution in [1.29, 1.82) is 0 Å². The Morgan fingerprint density at radius 3 is 2.50 bits per heavy atom. The Morgan fingerprint density at radius 2 is 1.80 bits per heavy atom. The van der Waals surface area contributed by atoms with E-state index in [1.807, 2.05) is 0 Å². The van der Waals surface area contributed by atoms with Crippen molar-refractivity contribution in [2.45, 2.75) is 81.4 Å². The predicted molar refractivity (Wildman–Crippen MR) is 161 cm³/mol. The summed E-state index contributed by atoms with van der Waals surface area (Å²) < 4.78 is 42.8. The minimum absolute atomic E-state index is 0.113. The van der Waals surface area contributed by atoms with Crippen LogP contribution in [0.15, 0.2) is 59.7 Å². The van der Waals surface area contributed by atoms with Crippen molar-refractivity contribution in [1.82, 2.24) is 5.32 Å². The highest BCUT2D eigenvalue weighted by molar-refractivity contribution is 6.30. The van der Waals surface area contributed by atoms with Gasteiger partial charge in [-0.3, -0.25) is 4.79 Å². The van der Waals surface area contributed by atoms with Gasteiger partial charge < -0.3 is 54.5 Å². The lowest BCUT2D eigenvalue weighted by atomic mass is 9.83. The summed E-state index contributed by atoms with van der Waals surface area (Å²) in [5, 5.41) is 56.2. The number of fused-ring (bicyclic) bond motifs is 1. The average Bonchev–Trinajstić information content (AvgIpc) is 3.59. The molecular formula is C32H37ClFNO11. The number of amides is 1. The van der Waals surface area contributed by atoms with Crippen molar-refractivity contribution < 1.29 is 58.4 Å². The number of benzene rings is 2. The molecule has 12 nitrogen and oxygen atoms in total. The molecule has 2 aromatic carbocycles. The van der Waals surface area contributed by atoms with Crippen molar-refractivity contribution in [3.63, 3.8) is 0 Å². The third-order valence-corrected chi connectivity index (χ3v) is 8.60. The fraction of sp³-hybridized carbons (Fsp3) is 0.469. The smallest absolute Gasteiger partial charge is 0.247 e. The van der Waals surface area contributed by atoms with Gasteiger partial charge in [-0.05, 0) is 74.4 Å². The maximum Gasteiger partial charge on any atom is 0.247 e. The van der Waals surface area contributed by atoms with E-state index in [9.17, 15) is 30.3 Å². The second-order valence-electron chi connectivity index (χ2n) is 11.8. The zero-order valence-corrected chi connectivity index (χ0v) is 26.0. The van der Waals surface area contributed by atoms with Gasteiger partial charge in [-0.2, -0.15) is 0 Å². The quantitative estimate of drug-likeness (QED) is 0.169. The number of carbonyl (C=O) groups excluding carboxylic acids is 1. The largest absolute Gasteiger partial charge is 0.489 e. The Labute approximate surface area is 269 Å². The zero-order valence-electron chi connectivity index (χ0n) is 25.2. The second kappa shape index (κ2) is 13.9. The molecule has 0 radical (unpaired) electrons. The number of nitrogens with one attached hydrogen (secondary N) is 1. The van der Waals surface area contributed by atoms with E-state index in [0.29, 0.717) is 16.3 Å². The average molecular weight is 666 g/mol. The SMILES string of the molecule is C/C(=C\c1ccc(O[C@@H]2O[C@H](/C(C)=C/COc3cccc(Cl)c3)[C@@H](O)[C@@]2(C)O)c(F)c1)C(=O)N[C@@H]1[C@H](O)[C@@H](O)[C@H]2OCO[C@H]2[C@@H]1O. The van der Waals surface area contributed by atoms with Crippen LogP contribution in [0, 0.1) is 5.82 Å². The highest BCUT2D eigenvalue weighted by Crippen LogP contribution is 2.37. The van der Waals surface area contributed by atoms with Gasteiger partial charge in [0.1, 0.15) is 61.9 Å². The third-order valence-electron chi connectivity index (χ3n) is 8.37. The summed E-state index contributed by atoms with van der Waals surface area (Å²) in [6.07, 6.45) is -6.83. The molecule has 5 rings (SSSR count). The fourth-order valence-electron chi connectivity index (χ4n) is 5.59. The monoisotopic (exact) mass is 665 g/mol. The molecule has 6 N–H and O–H groups in total. The number of ether oxygens (including phenoxy) is 5. The van der Waals surface area contributed by atoms with Gasteiger partial charge in [0, 0.05) is 10.6 Å². The van der Waals surface area contributed by atoms with Crippen molar-refractivity contribution in [2.75, 3.05) is 13.4 Å². The van der Waals surface area contributed by atoms with Crippen LogP contribution in [0.4, 0.5) is 4.39 Å². The normalized spacial score (nSPS) is 34.7. The first-order valence-corrected chi connectivity index (χ1v) is 15.0. The molecule has 0 bridgehead atoms. The van der Waals surface area contributed by atoms with Crippen molar-refractivity contribution in [3.05, 3.63) is 76.1 Å². The summed E-state index contributed by atoms with van der Waals surface area (Å²) >= 11 is 5.97. The van der Waals surface area contributed by atoms with Crippen molar-refractivity contribution in [2.24, 2.45) is 0 Å². The van der Waals surface area contributed by atoms with Gasteiger partial charge >= 0.3 is 0 Å². The number of hydrogen-bond acceptors (Lipinski definition) is 11. The highest BCUT2D eigenvalue weighted by atomic mass is 35.5. The molecule has 250 valence electrons. The third kappa shape index (κ3) is 7.08. The van der Waals surface area contributed by atoms with Crippen molar-refractivity contribution >= 4 is 23.6 Å². The number of hydrogen-bond donors (Lipinski definition) is 6. The molecule has 2 aromatic rings. The topological polar surface area (TPSA) is 176 Å². The summed E-state index contributed by atoms with van der Waals surface area (Å²) in [4.78, 5) is 12.9. The molecule has 14 heteroatoms. The molecule has 46 heavy (non-hydrogen) atoms. The first-order valence-electron chi connectivity index (χ1n) is 14.6. The lowest BCUT2D eigenvalue weighted by molar-refractivity contribution is -0.155. The number of halogens is 2. The van der Waals surface area contributed by atoms with Gasteiger partial charge in [0.2, 0.25) is 12.2 Å². The molecule has 3 aliphatic rings. The standard InChI is InChI=1S/C32H37ClFNO11/c1-15(9-10-42-19-6-4-5-18(33)13-19)26-29(39)32(3,41)31(46-26)45-21-8-7-17(12-20(21)34)11-16(2)30(40)35-22-23(36)25(38)28-27(24(22)37)43-14-44-28/h4-9,11-13,22-29,31,36-39,41H,10,14H2,1-3H3,(H,35,40)/b15-9+,16-11+/t22-,23+,24-,25-,26-,27+,28-,29-,31-,32-/m1/s1. The van der Waals surface area contributed by atoms with E-state index >= 15 is 4.39 Å². The number of aliphatic hydroxyl groups excluding tert-OH is 4. The van der Waals surface area contributed by atoms with Gasteiger partial charge in [-0.25, -0.2) is 4.39 Å². The van der Waals surface area contributed by atoms with Crippen LogP contribution in [-0.2, 0) is 19.0 Å². The van der Waals surface area contributed by atoms with Crippen molar-refractivity contribution in [3.8, 4) is 11.5 Å². The maximum absolute atomic E-state index is 15.1. The van der Waals surface area contributed by atoms with Crippen LogP contribution in [0.2, 0.25) is 5.02 Å². The van der Waals surface area contributed by atoms with E-state index < -0.39 is 72.4 Å². The molecule has 0 unspecified atom stereocenters. The molecule has 1 aliphatic carbocycles. The molecule has 10 atom stereocenters. The van der Waals surface area contributed by atoms with Crippen LogP contribution in [0.3, 0.4) is 0 Å². The summed E-state index contributed by atoms with van der Waals surface area (Å²) in [6, 6.07) is 9.47. The molecule has 2 saturated heterocycles. The summed E-state index contributed by atoms with van der Waals surface area (Å²) in [5.41, 5.74) is -0.944. The number of rotatable bonds is 9. The molecule has 1 saturated carbocycles. The molecule has 0 spiro atoms. The zero-order chi connectivity index (χ0) is 33.3. The summed E-state index contributed by atoms with van der Waals surface area (Å²) in [7, 11) is 0. The van der Waals surface area contributed by atoms with Crippen LogP contribution in [0.25, 0.3) is 6.08 Å². The van der Waals surface area contributed by atoms with E-state index in [1.165, 1.54) is 32.1 Å². The number of aliphatic hydroxyl groups is 5. The van der Waals surface area contributed by atoms with Gasteiger partial charge in [0.05, 0.1) is 6.04 Å². The second-order valence-corrected chi connectivity index (χ2v) is 12.2. The number of carbonyl (C=O) groups is 1. The van der Waals surface area contributed by atoms with E-state index in [2.05, 4.69) is 5.32 Å². The summed E-state index contributed by atoms with van der Waals surface area (Å²) in [6.45, 7) is 4.44. The first kappa shape index (κ1) is 34.2. The van der Waals surface area contributed by atoms with Crippen LogP contribution in [-0.4, -0.2) is 106 Å².